The van der Waals surface area contributed by atoms with Gasteiger partial charge in [0.15, 0.2) is 17.3 Å². The first-order valence-electron chi connectivity index (χ1n) is 12.1. The molecule has 2 amide bonds. The monoisotopic (exact) mass is 500 g/mol. The lowest BCUT2D eigenvalue weighted by Crippen LogP contribution is -2.66. The Kier molecular flexibility index (Phi) is 6.33. The number of hydrogen-bond acceptors (Lipinski definition) is 6. The molecule has 0 bridgehead atoms. The van der Waals surface area contributed by atoms with Crippen LogP contribution >= 0.6 is 0 Å². The summed E-state index contributed by atoms with van der Waals surface area (Å²) in [6.07, 6.45) is 0. The van der Waals surface area contributed by atoms with Crippen molar-refractivity contribution in [1.82, 2.24) is 9.80 Å². The second kappa shape index (κ2) is 9.61. The summed E-state index contributed by atoms with van der Waals surface area (Å²) in [6.45, 7) is 1.70. The molecular formula is C29H28N2O6. The standard InChI is InChI=1S/C29H28N2O6/c1-17(32)30-15-22-26(19-13-24(36-2)28(34)25(14-19)37-3)20-11-7-8-12-21(20)29(35)31(22)16-23(30)27(33)18-9-5-4-6-10-18/h4-14,22-23,26,34H,15-16H2,1-3H3/t22-,23+,26+/m1/s1. The molecule has 2 heterocycles. The number of methoxy groups -OCH3 is 2. The quantitative estimate of drug-likeness (QED) is 0.539. The smallest absolute Gasteiger partial charge is 0.254 e. The number of ether oxygens (including phenoxy) is 2. The van der Waals surface area contributed by atoms with E-state index in [-0.39, 0.29) is 53.9 Å². The van der Waals surface area contributed by atoms with Crippen molar-refractivity contribution in [3.8, 4) is 17.2 Å². The zero-order valence-electron chi connectivity index (χ0n) is 20.9. The largest absolute Gasteiger partial charge is 0.502 e. The molecule has 3 atom stereocenters. The number of aromatic hydroxyl groups is 1. The van der Waals surface area contributed by atoms with Gasteiger partial charge >= 0.3 is 0 Å². The van der Waals surface area contributed by atoms with E-state index < -0.39 is 12.1 Å². The summed E-state index contributed by atoms with van der Waals surface area (Å²) in [5.74, 6) is -0.604. The summed E-state index contributed by atoms with van der Waals surface area (Å²) in [7, 11) is 2.92. The number of amides is 2. The van der Waals surface area contributed by atoms with Crippen LogP contribution in [0.15, 0.2) is 66.7 Å². The van der Waals surface area contributed by atoms with E-state index in [1.54, 1.807) is 52.3 Å². The van der Waals surface area contributed by atoms with E-state index in [9.17, 15) is 19.5 Å². The van der Waals surface area contributed by atoms with Gasteiger partial charge in [0.05, 0.1) is 20.3 Å². The number of carbonyl (C=O) groups is 3. The third-order valence-corrected chi connectivity index (χ3v) is 7.33. The van der Waals surface area contributed by atoms with Crippen molar-refractivity contribution >= 4 is 17.6 Å². The SMILES string of the molecule is COc1cc([C@H]2c3ccccc3C(=O)N3C[C@@H](C(=O)c4ccccc4)N(C(C)=O)C[C@H]23)cc(OC)c1O. The number of nitrogens with zero attached hydrogens (tertiary/aromatic N) is 2. The first-order valence-corrected chi connectivity index (χ1v) is 12.1. The van der Waals surface area contributed by atoms with Crippen LogP contribution < -0.4 is 9.47 Å². The maximum atomic E-state index is 13.7. The zero-order valence-corrected chi connectivity index (χ0v) is 20.9. The van der Waals surface area contributed by atoms with Gasteiger partial charge < -0.3 is 24.4 Å². The molecule has 3 aromatic rings. The number of phenolic OH excluding ortho intramolecular Hbond substituents is 1. The molecule has 0 saturated carbocycles. The van der Waals surface area contributed by atoms with Crippen molar-refractivity contribution in [2.45, 2.75) is 24.9 Å². The highest BCUT2D eigenvalue weighted by atomic mass is 16.5. The van der Waals surface area contributed by atoms with E-state index in [0.717, 1.165) is 11.1 Å². The van der Waals surface area contributed by atoms with E-state index in [0.29, 0.717) is 11.1 Å². The Morgan fingerprint density at radius 2 is 1.54 bits per heavy atom. The normalized spacial score (nSPS) is 20.6. The van der Waals surface area contributed by atoms with Crippen molar-refractivity contribution in [1.29, 1.82) is 0 Å². The molecule has 0 radical (unpaired) electrons. The fourth-order valence-electron chi connectivity index (χ4n) is 5.55. The minimum atomic E-state index is -0.796. The molecule has 0 spiro atoms. The van der Waals surface area contributed by atoms with Gasteiger partial charge in [0, 0.05) is 37.1 Å². The summed E-state index contributed by atoms with van der Waals surface area (Å²) in [6, 6.07) is 18.4. The predicted molar refractivity (Wildman–Crippen MR) is 136 cm³/mol. The molecule has 0 unspecified atom stereocenters. The topological polar surface area (TPSA) is 96.4 Å². The second-order valence-corrected chi connectivity index (χ2v) is 9.28. The number of fused-ring (bicyclic) bond motifs is 2. The predicted octanol–water partition coefficient (Wildman–Crippen LogP) is 3.48. The first kappa shape index (κ1) is 24.4. The number of phenols is 1. The van der Waals surface area contributed by atoms with Gasteiger partial charge in [-0.15, -0.1) is 0 Å². The lowest BCUT2D eigenvalue weighted by molar-refractivity contribution is -0.133. The molecule has 0 aliphatic carbocycles. The van der Waals surface area contributed by atoms with Crippen LogP contribution in [-0.4, -0.2) is 71.9 Å². The highest BCUT2D eigenvalue weighted by molar-refractivity contribution is 6.03. The molecule has 2 aliphatic heterocycles. The van der Waals surface area contributed by atoms with Crippen LogP contribution in [0.1, 0.15) is 44.7 Å². The van der Waals surface area contributed by atoms with E-state index >= 15 is 0 Å². The van der Waals surface area contributed by atoms with Gasteiger partial charge in [0.25, 0.3) is 5.91 Å². The molecular weight excluding hydrogens is 472 g/mol. The Morgan fingerprint density at radius 3 is 2.16 bits per heavy atom. The molecule has 3 aromatic carbocycles. The third-order valence-electron chi connectivity index (χ3n) is 7.33. The van der Waals surface area contributed by atoms with Crippen LogP contribution in [0.25, 0.3) is 0 Å². The van der Waals surface area contributed by atoms with Crippen LogP contribution in [0.2, 0.25) is 0 Å². The number of carbonyl (C=O) groups excluding carboxylic acids is 3. The molecule has 1 N–H and O–H groups in total. The molecule has 5 rings (SSSR count). The van der Waals surface area contributed by atoms with Gasteiger partial charge in [-0.05, 0) is 29.3 Å². The zero-order chi connectivity index (χ0) is 26.3. The summed E-state index contributed by atoms with van der Waals surface area (Å²) in [5.41, 5.74) is 2.60. The maximum absolute atomic E-state index is 13.7. The van der Waals surface area contributed by atoms with Crippen LogP contribution in [0, 0.1) is 0 Å². The Hall–Kier alpha value is -4.33. The summed E-state index contributed by atoms with van der Waals surface area (Å²) < 4.78 is 10.8. The van der Waals surface area contributed by atoms with E-state index in [1.807, 2.05) is 24.3 Å². The molecule has 2 aliphatic rings. The van der Waals surface area contributed by atoms with Crippen molar-refractivity contribution in [3.05, 3.63) is 89.0 Å². The van der Waals surface area contributed by atoms with Crippen molar-refractivity contribution < 1.29 is 29.0 Å². The third kappa shape index (κ3) is 4.08. The number of hydrogen-bond donors (Lipinski definition) is 1. The second-order valence-electron chi connectivity index (χ2n) is 9.28. The Balaban J connectivity index is 1.64. The number of piperazine rings is 1. The summed E-state index contributed by atoms with van der Waals surface area (Å²) >= 11 is 0. The number of benzene rings is 3. The van der Waals surface area contributed by atoms with Gasteiger partial charge in [-0.2, -0.15) is 0 Å². The van der Waals surface area contributed by atoms with Gasteiger partial charge in [-0.1, -0.05) is 48.5 Å². The average molecular weight is 501 g/mol. The number of ketones is 1. The Labute approximate surface area is 215 Å². The molecule has 8 heteroatoms. The van der Waals surface area contributed by atoms with Crippen LogP contribution in [0.5, 0.6) is 17.2 Å². The van der Waals surface area contributed by atoms with Crippen molar-refractivity contribution in [2.75, 3.05) is 27.3 Å². The van der Waals surface area contributed by atoms with Crippen LogP contribution in [0.4, 0.5) is 0 Å². The van der Waals surface area contributed by atoms with Crippen LogP contribution in [0.3, 0.4) is 0 Å². The fraction of sp³-hybridized carbons (Fsp3) is 0.276. The van der Waals surface area contributed by atoms with Crippen molar-refractivity contribution in [2.24, 2.45) is 0 Å². The lowest BCUT2D eigenvalue weighted by atomic mass is 9.76. The van der Waals surface area contributed by atoms with E-state index in [4.69, 9.17) is 9.47 Å². The highest BCUT2D eigenvalue weighted by Crippen LogP contribution is 2.45. The molecule has 1 fully saturated rings. The lowest BCUT2D eigenvalue weighted by Gasteiger charge is -2.51. The van der Waals surface area contributed by atoms with Gasteiger partial charge in [-0.25, -0.2) is 0 Å². The Morgan fingerprint density at radius 1 is 0.919 bits per heavy atom. The molecule has 37 heavy (non-hydrogen) atoms. The fourth-order valence-corrected chi connectivity index (χ4v) is 5.55. The van der Waals surface area contributed by atoms with E-state index in [1.165, 1.54) is 21.1 Å². The average Bonchev–Trinajstić information content (AvgIpc) is 2.93. The molecule has 8 nitrogen and oxygen atoms in total. The number of Topliss-reactive ketones (excluding diaryl/α,β-unsaturated/α-hetero) is 1. The summed E-state index contributed by atoms with van der Waals surface area (Å²) in [4.78, 5) is 43.3. The summed E-state index contributed by atoms with van der Waals surface area (Å²) in [5, 5.41) is 10.5. The Bertz CT molecular complexity index is 1350. The molecule has 0 aromatic heterocycles. The first-order chi connectivity index (χ1) is 17.8. The highest BCUT2D eigenvalue weighted by Gasteiger charge is 2.48. The van der Waals surface area contributed by atoms with Crippen molar-refractivity contribution in [3.63, 3.8) is 0 Å². The molecule has 190 valence electrons. The van der Waals surface area contributed by atoms with Gasteiger partial charge in [-0.3, -0.25) is 14.4 Å². The maximum Gasteiger partial charge on any atom is 0.254 e. The minimum absolute atomic E-state index is 0.0774. The number of rotatable bonds is 5. The minimum Gasteiger partial charge on any atom is -0.502 e. The van der Waals surface area contributed by atoms with E-state index in [2.05, 4.69) is 0 Å². The molecule has 1 saturated heterocycles. The van der Waals surface area contributed by atoms with Gasteiger partial charge in [0.2, 0.25) is 11.7 Å². The van der Waals surface area contributed by atoms with Crippen LogP contribution in [-0.2, 0) is 4.79 Å². The van der Waals surface area contributed by atoms with Gasteiger partial charge in [0.1, 0.15) is 6.04 Å².